The maximum absolute atomic E-state index is 12.2. The minimum Gasteiger partial charge on any atom is -0.465 e. The summed E-state index contributed by atoms with van der Waals surface area (Å²) in [6, 6.07) is 13.5. The van der Waals surface area contributed by atoms with Gasteiger partial charge in [-0.05, 0) is 42.3 Å². The molecule has 0 bridgehead atoms. The van der Waals surface area contributed by atoms with Crippen LogP contribution in [0.15, 0.2) is 54.6 Å². The first kappa shape index (κ1) is 19.6. The Morgan fingerprint density at radius 1 is 1.11 bits per heavy atom. The number of carbonyl (C=O) groups is 2. The second kappa shape index (κ2) is 8.26. The van der Waals surface area contributed by atoms with E-state index in [9.17, 15) is 18.0 Å². The fourth-order valence-corrected chi connectivity index (χ4v) is 4.47. The first-order valence-electron chi connectivity index (χ1n) is 8.67. The van der Waals surface area contributed by atoms with Gasteiger partial charge in [-0.2, -0.15) is 0 Å². The number of carbonyl (C=O) groups excluding carboxylic acids is 2. The quantitative estimate of drug-likeness (QED) is 0.615. The zero-order chi connectivity index (χ0) is 20.1. The molecule has 0 radical (unpaired) electrons. The van der Waals surface area contributed by atoms with Gasteiger partial charge in [0.05, 0.1) is 29.8 Å². The Morgan fingerprint density at radius 2 is 1.82 bits per heavy atom. The molecule has 1 fully saturated rings. The van der Waals surface area contributed by atoms with E-state index in [0.29, 0.717) is 24.3 Å². The number of methoxy groups -OCH3 is 1. The number of hydrogen-bond acceptors (Lipinski definition) is 5. The number of hydrogen-bond donors (Lipinski definition) is 1. The zero-order valence-corrected chi connectivity index (χ0v) is 16.1. The lowest BCUT2D eigenvalue weighted by Crippen LogP contribution is -2.24. The molecule has 0 unspecified atom stereocenters. The second-order valence-corrected chi connectivity index (χ2v) is 8.21. The van der Waals surface area contributed by atoms with Crippen LogP contribution in [0.2, 0.25) is 0 Å². The van der Waals surface area contributed by atoms with E-state index in [2.05, 4.69) is 5.32 Å². The molecule has 1 aliphatic heterocycles. The Bertz CT molecular complexity index is 1010. The fraction of sp³-hybridized carbons (Fsp3) is 0.200. The average Bonchev–Trinajstić information content (AvgIpc) is 3.05. The van der Waals surface area contributed by atoms with Gasteiger partial charge in [-0.3, -0.25) is 9.10 Å². The van der Waals surface area contributed by atoms with Crippen molar-refractivity contribution < 1.29 is 22.7 Å². The third kappa shape index (κ3) is 4.40. The standard InChI is InChI=1S/C20H20N2O5S/c1-27-20(24)17-5-2-3-6-18(17)21-19(23)12-9-15-7-10-16(11-8-15)22-13-4-14-28(22,25)26/h2-3,5-12H,4,13-14H2,1H3,(H,21,23)/b12-9+. The highest BCUT2D eigenvalue weighted by molar-refractivity contribution is 7.93. The van der Waals surface area contributed by atoms with Gasteiger partial charge >= 0.3 is 5.97 Å². The van der Waals surface area contributed by atoms with Gasteiger partial charge in [-0.25, -0.2) is 13.2 Å². The Kier molecular flexibility index (Phi) is 5.79. The maximum Gasteiger partial charge on any atom is 0.339 e. The molecule has 1 heterocycles. The van der Waals surface area contributed by atoms with E-state index in [1.807, 2.05) is 0 Å². The number of anilines is 2. The van der Waals surface area contributed by atoms with E-state index in [-0.39, 0.29) is 11.3 Å². The van der Waals surface area contributed by atoms with Gasteiger partial charge in [-0.15, -0.1) is 0 Å². The Hall–Kier alpha value is -3.13. The number of esters is 1. The number of nitrogens with zero attached hydrogens (tertiary/aromatic N) is 1. The molecule has 2 aromatic rings. The van der Waals surface area contributed by atoms with Gasteiger partial charge < -0.3 is 10.1 Å². The number of sulfonamides is 1. The highest BCUT2D eigenvalue weighted by Gasteiger charge is 2.28. The summed E-state index contributed by atoms with van der Waals surface area (Å²) in [5.74, 6) is -0.767. The van der Waals surface area contributed by atoms with Crippen LogP contribution in [0.5, 0.6) is 0 Å². The predicted octanol–water partition coefficient (Wildman–Crippen LogP) is 2.67. The van der Waals surface area contributed by atoms with Crippen molar-refractivity contribution >= 4 is 39.4 Å². The third-order valence-corrected chi connectivity index (χ3v) is 6.17. The molecule has 0 aromatic heterocycles. The third-order valence-electron chi connectivity index (χ3n) is 4.30. The van der Waals surface area contributed by atoms with Gasteiger partial charge in [0, 0.05) is 12.6 Å². The normalized spacial score (nSPS) is 15.5. The van der Waals surface area contributed by atoms with Crippen molar-refractivity contribution in [3.63, 3.8) is 0 Å². The first-order chi connectivity index (χ1) is 13.4. The molecule has 1 N–H and O–H groups in total. The molecular weight excluding hydrogens is 380 g/mol. The van der Waals surface area contributed by atoms with Gasteiger partial charge in [0.25, 0.3) is 0 Å². The van der Waals surface area contributed by atoms with E-state index in [1.165, 1.54) is 17.5 Å². The monoisotopic (exact) mass is 400 g/mol. The van der Waals surface area contributed by atoms with Crippen LogP contribution in [-0.2, 0) is 19.6 Å². The van der Waals surface area contributed by atoms with Crippen molar-refractivity contribution in [3.05, 3.63) is 65.7 Å². The lowest BCUT2D eigenvalue weighted by molar-refractivity contribution is -0.111. The number of ether oxygens (including phenoxy) is 1. The molecule has 1 saturated heterocycles. The van der Waals surface area contributed by atoms with Crippen LogP contribution in [0, 0.1) is 0 Å². The van der Waals surface area contributed by atoms with E-state index < -0.39 is 21.9 Å². The van der Waals surface area contributed by atoms with Crippen molar-refractivity contribution in [1.82, 2.24) is 0 Å². The zero-order valence-electron chi connectivity index (χ0n) is 15.3. The highest BCUT2D eigenvalue weighted by Crippen LogP contribution is 2.24. The molecule has 0 atom stereocenters. The van der Waals surface area contributed by atoms with Crippen LogP contribution in [0.4, 0.5) is 11.4 Å². The predicted molar refractivity (Wildman–Crippen MR) is 108 cm³/mol. The number of rotatable bonds is 5. The molecule has 1 amide bonds. The van der Waals surface area contributed by atoms with E-state index in [1.54, 1.807) is 54.6 Å². The maximum atomic E-state index is 12.2. The van der Waals surface area contributed by atoms with E-state index >= 15 is 0 Å². The molecule has 0 aliphatic carbocycles. The topological polar surface area (TPSA) is 92.8 Å². The molecular formula is C20H20N2O5S. The fourth-order valence-electron chi connectivity index (χ4n) is 2.91. The summed E-state index contributed by atoms with van der Waals surface area (Å²) in [7, 11) is -1.94. The van der Waals surface area contributed by atoms with Crippen molar-refractivity contribution in [1.29, 1.82) is 0 Å². The van der Waals surface area contributed by atoms with Crippen LogP contribution in [-0.4, -0.2) is 39.7 Å². The van der Waals surface area contributed by atoms with E-state index in [4.69, 9.17) is 4.74 Å². The SMILES string of the molecule is COC(=O)c1ccccc1NC(=O)/C=C/c1ccc(N2CCCS2(=O)=O)cc1. The molecule has 146 valence electrons. The number of para-hydroxylation sites is 1. The van der Waals surface area contributed by atoms with Crippen molar-refractivity contribution in [2.24, 2.45) is 0 Å². The van der Waals surface area contributed by atoms with Crippen LogP contribution in [0.1, 0.15) is 22.3 Å². The molecule has 28 heavy (non-hydrogen) atoms. The van der Waals surface area contributed by atoms with Crippen LogP contribution in [0.25, 0.3) is 6.08 Å². The molecule has 1 aliphatic rings. The van der Waals surface area contributed by atoms with Crippen molar-refractivity contribution in [2.45, 2.75) is 6.42 Å². The van der Waals surface area contributed by atoms with Gasteiger partial charge in [0.2, 0.25) is 15.9 Å². The van der Waals surface area contributed by atoms with Crippen LogP contribution in [0.3, 0.4) is 0 Å². The lowest BCUT2D eigenvalue weighted by atomic mass is 10.1. The first-order valence-corrected chi connectivity index (χ1v) is 10.3. The second-order valence-electron chi connectivity index (χ2n) is 6.19. The van der Waals surface area contributed by atoms with E-state index in [0.717, 1.165) is 5.56 Å². The Morgan fingerprint density at radius 3 is 2.46 bits per heavy atom. The highest BCUT2D eigenvalue weighted by atomic mass is 32.2. The smallest absolute Gasteiger partial charge is 0.339 e. The van der Waals surface area contributed by atoms with Crippen LogP contribution >= 0.6 is 0 Å². The summed E-state index contributed by atoms with van der Waals surface area (Å²) in [4.78, 5) is 23.9. The molecule has 0 spiro atoms. The minimum atomic E-state index is -3.21. The molecule has 8 heteroatoms. The number of benzene rings is 2. The Labute approximate surface area is 163 Å². The summed E-state index contributed by atoms with van der Waals surface area (Å²) < 4.78 is 30.0. The molecule has 2 aromatic carbocycles. The summed E-state index contributed by atoms with van der Waals surface area (Å²) in [5, 5.41) is 2.65. The largest absolute Gasteiger partial charge is 0.465 e. The van der Waals surface area contributed by atoms with Gasteiger partial charge in [0.15, 0.2) is 0 Å². The summed E-state index contributed by atoms with van der Waals surface area (Å²) >= 11 is 0. The van der Waals surface area contributed by atoms with Crippen molar-refractivity contribution in [2.75, 3.05) is 29.0 Å². The van der Waals surface area contributed by atoms with Gasteiger partial charge in [-0.1, -0.05) is 24.3 Å². The molecule has 3 rings (SSSR count). The van der Waals surface area contributed by atoms with Gasteiger partial charge in [0.1, 0.15) is 0 Å². The average molecular weight is 400 g/mol. The van der Waals surface area contributed by atoms with Crippen LogP contribution < -0.4 is 9.62 Å². The molecule has 0 saturated carbocycles. The lowest BCUT2D eigenvalue weighted by Gasteiger charge is -2.16. The number of nitrogens with one attached hydrogen (secondary N) is 1. The Balaban J connectivity index is 1.68. The van der Waals surface area contributed by atoms with Crippen molar-refractivity contribution in [3.8, 4) is 0 Å². The number of amides is 1. The summed E-state index contributed by atoms with van der Waals surface area (Å²) in [5.41, 5.74) is 1.99. The molecule has 7 nitrogen and oxygen atoms in total. The minimum absolute atomic E-state index is 0.169. The summed E-state index contributed by atoms with van der Waals surface area (Å²) in [6.45, 7) is 0.486. The summed E-state index contributed by atoms with van der Waals surface area (Å²) in [6.07, 6.45) is 3.57.